The van der Waals surface area contributed by atoms with Gasteiger partial charge in [0.2, 0.25) is 5.91 Å². The van der Waals surface area contributed by atoms with E-state index in [1.54, 1.807) is 4.90 Å². The van der Waals surface area contributed by atoms with Gasteiger partial charge < -0.3 is 25.0 Å². The quantitative estimate of drug-likeness (QED) is 0.521. The zero-order valence-electron chi connectivity index (χ0n) is 9.82. The van der Waals surface area contributed by atoms with Crippen LogP contribution in [0.1, 0.15) is 6.92 Å². The third-order valence-electron chi connectivity index (χ3n) is 2.76. The van der Waals surface area contributed by atoms with E-state index in [9.17, 15) is 19.5 Å². The maximum absolute atomic E-state index is 11.3. The molecule has 0 saturated carbocycles. The van der Waals surface area contributed by atoms with Gasteiger partial charge in [-0.05, 0) is 0 Å². The van der Waals surface area contributed by atoms with Crippen molar-refractivity contribution in [2.45, 2.75) is 6.92 Å². The standard InChI is InChI=1S/C10H17N3O4/c1-8(14)13-4-2-12(3-5-13)7-9(15)11-6-10(16)17/h2-7H2,1H3,(H,11,15)(H,16,17). The van der Waals surface area contributed by atoms with Crippen molar-refractivity contribution < 1.29 is 24.4 Å². The van der Waals surface area contributed by atoms with Gasteiger partial charge in [0.15, 0.2) is 6.54 Å². The van der Waals surface area contributed by atoms with Crippen LogP contribution in [0, 0.1) is 0 Å². The van der Waals surface area contributed by atoms with E-state index >= 15 is 0 Å². The molecule has 0 aromatic rings. The molecule has 2 N–H and O–H groups in total. The molecule has 0 radical (unpaired) electrons. The van der Waals surface area contributed by atoms with E-state index in [2.05, 4.69) is 5.32 Å². The Hall–Kier alpha value is -1.63. The summed E-state index contributed by atoms with van der Waals surface area (Å²) in [6, 6.07) is 0. The first kappa shape index (κ1) is 13.4. The highest BCUT2D eigenvalue weighted by atomic mass is 16.4. The lowest BCUT2D eigenvalue weighted by molar-refractivity contribution is -0.896. The summed E-state index contributed by atoms with van der Waals surface area (Å²) in [4.78, 5) is 35.3. The predicted molar refractivity (Wildman–Crippen MR) is 55.8 cm³/mol. The lowest BCUT2D eigenvalue weighted by Crippen LogP contribution is -3.15. The van der Waals surface area contributed by atoms with Gasteiger partial charge in [-0.25, -0.2) is 0 Å². The minimum Gasteiger partial charge on any atom is -0.548 e. The number of carboxylic acid groups (broad SMARTS) is 1. The van der Waals surface area contributed by atoms with Crippen molar-refractivity contribution in [2.75, 3.05) is 39.3 Å². The molecule has 1 heterocycles. The lowest BCUT2D eigenvalue weighted by Gasteiger charge is -2.31. The molecule has 0 spiro atoms. The third-order valence-corrected chi connectivity index (χ3v) is 2.76. The molecule has 0 atom stereocenters. The second-order valence-electron chi connectivity index (χ2n) is 4.08. The molecule has 0 aromatic carbocycles. The molecule has 17 heavy (non-hydrogen) atoms. The van der Waals surface area contributed by atoms with Crippen LogP contribution >= 0.6 is 0 Å². The van der Waals surface area contributed by atoms with Crippen molar-refractivity contribution in [3.8, 4) is 0 Å². The number of rotatable bonds is 4. The monoisotopic (exact) mass is 243 g/mol. The van der Waals surface area contributed by atoms with Crippen molar-refractivity contribution in [1.29, 1.82) is 0 Å². The maximum atomic E-state index is 11.3. The molecule has 0 aromatic heterocycles. The molecule has 1 rings (SSSR count). The van der Waals surface area contributed by atoms with Gasteiger partial charge in [-0.3, -0.25) is 9.59 Å². The topological polar surface area (TPSA) is 94.0 Å². The van der Waals surface area contributed by atoms with E-state index in [0.717, 1.165) is 4.90 Å². The SMILES string of the molecule is CC(=O)N1CC[NH+](CC(=O)NCC(=O)[O-])CC1. The van der Waals surface area contributed by atoms with Gasteiger partial charge in [0.05, 0.1) is 38.7 Å². The minimum atomic E-state index is -1.30. The highest BCUT2D eigenvalue weighted by Crippen LogP contribution is 1.88. The van der Waals surface area contributed by atoms with E-state index < -0.39 is 12.5 Å². The molecule has 2 amide bonds. The first-order valence-electron chi connectivity index (χ1n) is 5.54. The van der Waals surface area contributed by atoms with Crippen molar-refractivity contribution in [1.82, 2.24) is 10.2 Å². The van der Waals surface area contributed by atoms with Crippen LogP contribution in [0.25, 0.3) is 0 Å². The molecule has 7 heteroatoms. The summed E-state index contributed by atoms with van der Waals surface area (Å²) < 4.78 is 0. The Morgan fingerprint density at radius 1 is 1.29 bits per heavy atom. The number of quaternary nitrogens is 1. The third kappa shape index (κ3) is 4.81. The smallest absolute Gasteiger partial charge is 0.275 e. The summed E-state index contributed by atoms with van der Waals surface area (Å²) >= 11 is 0. The van der Waals surface area contributed by atoms with Gasteiger partial charge in [-0.1, -0.05) is 0 Å². The zero-order chi connectivity index (χ0) is 12.8. The average molecular weight is 243 g/mol. The lowest BCUT2D eigenvalue weighted by atomic mass is 10.3. The van der Waals surface area contributed by atoms with Crippen LogP contribution in [-0.4, -0.2) is 62.0 Å². The van der Waals surface area contributed by atoms with Crippen LogP contribution in [0.3, 0.4) is 0 Å². The number of aliphatic carboxylic acids is 1. The molecule has 7 nitrogen and oxygen atoms in total. The van der Waals surface area contributed by atoms with E-state index in [4.69, 9.17) is 0 Å². The second kappa shape index (κ2) is 6.19. The second-order valence-corrected chi connectivity index (χ2v) is 4.08. The molecule has 1 aliphatic rings. The van der Waals surface area contributed by atoms with Gasteiger partial charge in [-0.15, -0.1) is 0 Å². The highest BCUT2D eigenvalue weighted by Gasteiger charge is 2.22. The van der Waals surface area contributed by atoms with Crippen LogP contribution in [0.4, 0.5) is 0 Å². The number of nitrogens with one attached hydrogen (secondary N) is 2. The number of amides is 2. The van der Waals surface area contributed by atoms with Crippen LogP contribution in [0.5, 0.6) is 0 Å². The average Bonchev–Trinajstić information content (AvgIpc) is 2.27. The minimum absolute atomic E-state index is 0.0467. The van der Waals surface area contributed by atoms with E-state index in [1.165, 1.54) is 6.92 Å². The Morgan fingerprint density at radius 3 is 2.35 bits per heavy atom. The Morgan fingerprint density at radius 2 is 1.88 bits per heavy atom. The highest BCUT2D eigenvalue weighted by molar-refractivity contribution is 5.81. The predicted octanol–water partition coefficient (Wildman–Crippen LogP) is -4.40. The zero-order valence-corrected chi connectivity index (χ0v) is 9.82. The molecular formula is C10H17N3O4. The fraction of sp³-hybridized carbons (Fsp3) is 0.700. The number of carbonyl (C=O) groups is 3. The summed E-state index contributed by atoms with van der Waals surface area (Å²) in [5, 5.41) is 12.4. The molecule has 1 aliphatic heterocycles. The van der Waals surface area contributed by atoms with Crippen molar-refractivity contribution in [3.05, 3.63) is 0 Å². The van der Waals surface area contributed by atoms with Crippen molar-refractivity contribution in [3.63, 3.8) is 0 Å². The normalized spacial score (nSPS) is 16.6. The van der Waals surface area contributed by atoms with Crippen LogP contribution < -0.4 is 15.3 Å². The summed E-state index contributed by atoms with van der Waals surface area (Å²) in [5.74, 6) is -1.55. The molecular weight excluding hydrogens is 226 g/mol. The first-order valence-corrected chi connectivity index (χ1v) is 5.54. The molecule has 0 unspecified atom stereocenters. The number of carbonyl (C=O) groups excluding carboxylic acids is 3. The Bertz CT molecular complexity index is 311. The van der Waals surface area contributed by atoms with Crippen molar-refractivity contribution >= 4 is 17.8 Å². The molecule has 1 fully saturated rings. The number of piperazine rings is 1. The molecule has 1 saturated heterocycles. The van der Waals surface area contributed by atoms with Gasteiger partial charge in [-0.2, -0.15) is 0 Å². The fourth-order valence-electron chi connectivity index (χ4n) is 1.77. The Labute approximate surface area is 99.4 Å². The van der Waals surface area contributed by atoms with Gasteiger partial charge in [0, 0.05) is 6.92 Å². The van der Waals surface area contributed by atoms with Gasteiger partial charge in [0.1, 0.15) is 0 Å². The Balaban J connectivity index is 2.23. The molecule has 0 bridgehead atoms. The summed E-state index contributed by atoms with van der Waals surface area (Å²) in [6.07, 6.45) is 0. The van der Waals surface area contributed by atoms with Crippen LogP contribution in [-0.2, 0) is 14.4 Å². The largest absolute Gasteiger partial charge is 0.548 e. The summed E-state index contributed by atoms with van der Waals surface area (Å²) in [6.45, 7) is 4.00. The summed E-state index contributed by atoms with van der Waals surface area (Å²) in [7, 11) is 0. The number of nitrogens with zero attached hydrogens (tertiary/aromatic N) is 1. The van der Waals surface area contributed by atoms with Gasteiger partial charge >= 0.3 is 0 Å². The summed E-state index contributed by atoms with van der Waals surface area (Å²) in [5.41, 5.74) is 0. The van der Waals surface area contributed by atoms with E-state index in [0.29, 0.717) is 26.2 Å². The first-order chi connectivity index (χ1) is 7.99. The molecule has 0 aliphatic carbocycles. The number of hydrogen-bond acceptors (Lipinski definition) is 4. The number of hydrogen-bond donors (Lipinski definition) is 2. The van der Waals surface area contributed by atoms with E-state index in [1.807, 2.05) is 0 Å². The maximum Gasteiger partial charge on any atom is 0.275 e. The van der Waals surface area contributed by atoms with E-state index in [-0.39, 0.29) is 18.4 Å². The van der Waals surface area contributed by atoms with Crippen LogP contribution in [0.2, 0.25) is 0 Å². The van der Waals surface area contributed by atoms with Crippen LogP contribution in [0.15, 0.2) is 0 Å². The number of carboxylic acids is 1. The fourth-order valence-corrected chi connectivity index (χ4v) is 1.77. The Kier molecular flexibility index (Phi) is 4.89. The molecule has 96 valence electrons. The van der Waals surface area contributed by atoms with Gasteiger partial charge in [0.25, 0.3) is 5.91 Å². The van der Waals surface area contributed by atoms with Crippen molar-refractivity contribution in [2.24, 2.45) is 0 Å².